The summed E-state index contributed by atoms with van der Waals surface area (Å²) < 4.78 is 11.1. The Labute approximate surface area is 126 Å². The summed E-state index contributed by atoms with van der Waals surface area (Å²) in [5.41, 5.74) is 3.55. The van der Waals surface area contributed by atoms with Gasteiger partial charge in [-0.2, -0.15) is 0 Å². The van der Waals surface area contributed by atoms with E-state index in [1.54, 1.807) is 7.11 Å². The number of ether oxygens (including phenoxy) is 2. The summed E-state index contributed by atoms with van der Waals surface area (Å²) in [5, 5.41) is 3.43. The van der Waals surface area contributed by atoms with Crippen LogP contribution in [0.15, 0.2) is 42.5 Å². The van der Waals surface area contributed by atoms with Gasteiger partial charge >= 0.3 is 0 Å². The van der Waals surface area contributed by atoms with Gasteiger partial charge < -0.3 is 14.8 Å². The summed E-state index contributed by atoms with van der Waals surface area (Å²) >= 11 is 0. The predicted molar refractivity (Wildman–Crippen MR) is 87.3 cm³/mol. The van der Waals surface area contributed by atoms with Crippen molar-refractivity contribution in [2.45, 2.75) is 26.8 Å². The van der Waals surface area contributed by atoms with E-state index in [0.29, 0.717) is 13.2 Å². The highest BCUT2D eigenvalue weighted by molar-refractivity contribution is 5.50. The summed E-state index contributed by atoms with van der Waals surface area (Å²) in [6, 6.07) is 14.5. The molecule has 0 heterocycles. The third kappa shape index (κ3) is 3.91. The number of rotatable bonds is 7. The van der Waals surface area contributed by atoms with Gasteiger partial charge in [0.2, 0.25) is 0 Å². The van der Waals surface area contributed by atoms with E-state index in [-0.39, 0.29) is 0 Å². The quantitative estimate of drug-likeness (QED) is 0.824. The lowest BCUT2D eigenvalue weighted by atomic mass is 10.1. The zero-order chi connectivity index (χ0) is 15.1. The van der Waals surface area contributed by atoms with Crippen LogP contribution in [0.2, 0.25) is 0 Å². The number of nitrogens with one attached hydrogen (secondary N) is 1. The molecule has 0 atom stereocenters. The van der Waals surface area contributed by atoms with Crippen molar-refractivity contribution in [3.05, 3.63) is 53.6 Å². The lowest BCUT2D eigenvalue weighted by Gasteiger charge is -2.15. The van der Waals surface area contributed by atoms with E-state index in [9.17, 15) is 0 Å². The van der Waals surface area contributed by atoms with Crippen LogP contribution in [-0.4, -0.2) is 13.7 Å². The molecule has 0 saturated carbocycles. The maximum Gasteiger partial charge on any atom is 0.166 e. The molecule has 2 rings (SSSR count). The van der Waals surface area contributed by atoms with Crippen LogP contribution in [0.4, 0.5) is 5.69 Å². The number of anilines is 1. The highest BCUT2D eigenvalue weighted by atomic mass is 16.5. The Balaban J connectivity index is 2.11. The fraction of sp³-hybridized carbons (Fsp3) is 0.333. The van der Waals surface area contributed by atoms with Crippen LogP contribution < -0.4 is 14.8 Å². The number of para-hydroxylation sites is 1. The molecule has 1 N–H and O–H groups in total. The normalized spacial score (nSPS) is 10.2. The minimum atomic E-state index is 0.624. The number of aryl methyl sites for hydroxylation is 1. The Hall–Kier alpha value is -2.16. The Morgan fingerprint density at radius 3 is 2.38 bits per heavy atom. The molecule has 0 amide bonds. The minimum absolute atomic E-state index is 0.624. The van der Waals surface area contributed by atoms with E-state index < -0.39 is 0 Å². The Morgan fingerprint density at radius 1 is 1.00 bits per heavy atom. The highest BCUT2D eigenvalue weighted by Gasteiger charge is 2.09. The van der Waals surface area contributed by atoms with E-state index in [1.165, 1.54) is 5.56 Å². The van der Waals surface area contributed by atoms with Gasteiger partial charge in [-0.15, -0.1) is 0 Å². The smallest absolute Gasteiger partial charge is 0.166 e. The minimum Gasteiger partial charge on any atom is -0.493 e. The maximum absolute atomic E-state index is 5.72. The standard InChI is InChI=1S/C18H23NO2/c1-4-14-9-11-16(12-10-14)19-13-15-7-6-8-17(20-3)18(15)21-5-2/h6-12,19H,4-5,13H2,1-3H3. The van der Waals surface area contributed by atoms with Crippen LogP contribution in [0, 0.1) is 0 Å². The van der Waals surface area contributed by atoms with Gasteiger partial charge in [0.05, 0.1) is 13.7 Å². The number of methoxy groups -OCH3 is 1. The molecule has 0 aliphatic rings. The molecule has 0 spiro atoms. The molecule has 2 aromatic carbocycles. The largest absolute Gasteiger partial charge is 0.493 e. The zero-order valence-corrected chi connectivity index (χ0v) is 13.0. The van der Waals surface area contributed by atoms with E-state index in [2.05, 4.69) is 42.6 Å². The van der Waals surface area contributed by atoms with Crippen LogP contribution >= 0.6 is 0 Å². The van der Waals surface area contributed by atoms with Gasteiger partial charge in [-0.3, -0.25) is 0 Å². The second kappa shape index (κ2) is 7.58. The van der Waals surface area contributed by atoms with Gasteiger partial charge in [-0.05, 0) is 37.1 Å². The summed E-state index contributed by atoms with van der Waals surface area (Å²) in [6.45, 7) is 5.47. The molecule has 0 aromatic heterocycles. The van der Waals surface area contributed by atoms with Crippen molar-refractivity contribution in [2.75, 3.05) is 19.0 Å². The van der Waals surface area contributed by atoms with Crippen LogP contribution in [0.1, 0.15) is 25.0 Å². The molecule has 0 saturated heterocycles. The molecule has 0 radical (unpaired) electrons. The molecule has 0 unspecified atom stereocenters. The first-order chi connectivity index (χ1) is 10.3. The zero-order valence-electron chi connectivity index (χ0n) is 13.0. The van der Waals surface area contributed by atoms with E-state index >= 15 is 0 Å². The van der Waals surface area contributed by atoms with Crippen molar-refractivity contribution >= 4 is 5.69 Å². The first-order valence-electron chi connectivity index (χ1n) is 7.40. The molecule has 2 aromatic rings. The third-order valence-corrected chi connectivity index (χ3v) is 3.41. The Morgan fingerprint density at radius 2 is 1.76 bits per heavy atom. The van der Waals surface area contributed by atoms with Crippen molar-refractivity contribution in [2.24, 2.45) is 0 Å². The van der Waals surface area contributed by atoms with E-state index in [4.69, 9.17) is 9.47 Å². The number of benzene rings is 2. The van der Waals surface area contributed by atoms with Crippen molar-refractivity contribution in [1.82, 2.24) is 0 Å². The number of hydrogen-bond acceptors (Lipinski definition) is 3. The van der Waals surface area contributed by atoms with E-state index in [0.717, 1.165) is 29.2 Å². The first-order valence-corrected chi connectivity index (χ1v) is 7.40. The maximum atomic E-state index is 5.72. The molecule has 3 nitrogen and oxygen atoms in total. The molecule has 0 aliphatic carbocycles. The van der Waals surface area contributed by atoms with Crippen LogP contribution in [-0.2, 0) is 13.0 Å². The molecule has 0 bridgehead atoms. The second-order valence-corrected chi connectivity index (χ2v) is 4.79. The van der Waals surface area contributed by atoms with Crippen molar-refractivity contribution in [1.29, 1.82) is 0 Å². The topological polar surface area (TPSA) is 30.5 Å². The Bertz CT molecular complexity index is 564. The molecule has 21 heavy (non-hydrogen) atoms. The van der Waals surface area contributed by atoms with Crippen molar-refractivity contribution in [3.8, 4) is 11.5 Å². The predicted octanol–water partition coefficient (Wildman–Crippen LogP) is 4.27. The molecule has 112 valence electrons. The van der Waals surface area contributed by atoms with Crippen LogP contribution in [0.3, 0.4) is 0 Å². The lowest BCUT2D eigenvalue weighted by molar-refractivity contribution is 0.308. The fourth-order valence-electron chi connectivity index (χ4n) is 2.22. The Kier molecular flexibility index (Phi) is 5.50. The van der Waals surface area contributed by atoms with Crippen LogP contribution in [0.5, 0.6) is 11.5 Å². The molecule has 0 fully saturated rings. The summed E-state index contributed by atoms with van der Waals surface area (Å²) in [6.07, 6.45) is 1.06. The molecule has 0 aliphatic heterocycles. The van der Waals surface area contributed by atoms with Gasteiger partial charge in [0.15, 0.2) is 11.5 Å². The number of hydrogen-bond donors (Lipinski definition) is 1. The summed E-state index contributed by atoms with van der Waals surface area (Å²) in [7, 11) is 1.67. The van der Waals surface area contributed by atoms with Gasteiger partial charge in [0.1, 0.15) is 0 Å². The molecule has 3 heteroatoms. The van der Waals surface area contributed by atoms with Gasteiger partial charge in [0.25, 0.3) is 0 Å². The second-order valence-electron chi connectivity index (χ2n) is 4.79. The van der Waals surface area contributed by atoms with E-state index in [1.807, 2.05) is 19.1 Å². The van der Waals surface area contributed by atoms with Crippen molar-refractivity contribution in [3.63, 3.8) is 0 Å². The monoisotopic (exact) mass is 285 g/mol. The fourth-order valence-corrected chi connectivity index (χ4v) is 2.22. The lowest BCUT2D eigenvalue weighted by Crippen LogP contribution is -2.04. The van der Waals surface area contributed by atoms with Gasteiger partial charge in [-0.1, -0.05) is 31.2 Å². The SMILES string of the molecule is CCOc1c(CNc2ccc(CC)cc2)cccc1OC. The molecular weight excluding hydrogens is 262 g/mol. The highest BCUT2D eigenvalue weighted by Crippen LogP contribution is 2.31. The van der Waals surface area contributed by atoms with Crippen molar-refractivity contribution < 1.29 is 9.47 Å². The average molecular weight is 285 g/mol. The van der Waals surface area contributed by atoms with Crippen LogP contribution in [0.25, 0.3) is 0 Å². The summed E-state index contributed by atoms with van der Waals surface area (Å²) in [4.78, 5) is 0. The average Bonchev–Trinajstić information content (AvgIpc) is 2.54. The van der Waals surface area contributed by atoms with Gasteiger partial charge in [-0.25, -0.2) is 0 Å². The summed E-state index contributed by atoms with van der Waals surface area (Å²) in [5.74, 6) is 1.60. The molecular formula is C18H23NO2. The first kappa shape index (κ1) is 15.2. The third-order valence-electron chi connectivity index (χ3n) is 3.41. The van der Waals surface area contributed by atoms with Gasteiger partial charge in [0, 0.05) is 17.8 Å².